The first-order valence-electron chi connectivity index (χ1n) is 3.74. The van der Waals surface area contributed by atoms with Gasteiger partial charge in [-0.2, -0.15) is 0 Å². The Labute approximate surface area is 89.1 Å². The van der Waals surface area contributed by atoms with Gasteiger partial charge in [0.1, 0.15) is 0 Å². The van der Waals surface area contributed by atoms with Gasteiger partial charge < -0.3 is 0 Å². The summed E-state index contributed by atoms with van der Waals surface area (Å²) in [6.45, 7) is 0. The zero-order valence-corrected chi connectivity index (χ0v) is 10.0. The van der Waals surface area contributed by atoms with Crippen LogP contribution in [-0.2, 0) is 0 Å². The molecular formula is C8H10I2. The van der Waals surface area contributed by atoms with Crippen LogP contribution in [0.3, 0.4) is 0 Å². The number of fused-ring (bicyclic) bond motifs is 2. The lowest BCUT2D eigenvalue weighted by atomic mass is 9.76. The lowest BCUT2D eigenvalue weighted by Gasteiger charge is -2.41. The van der Waals surface area contributed by atoms with Gasteiger partial charge in [-0.25, -0.2) is 0 Å². The van der Waals surface area contributed by atoms with Crippen molar-refractivity contribution in [2.45, 2.75) is 20.7 Å². The van der Waals surface area contributed by atoms with E-state index in [1.54, 1.807) is 0 Å². The average Bonchev–Trinajstić information content (AvgIpc) is 1.87. The second-order valence-electron chi connectivity index (χ2n) is 3.29. The van der Waals surface area contributed by atoms with Crippen LogP contribution in [0, 0.1) is 11.8 Å². The van der Waals surface area contributed by atoms with Crippen LogP contribution in [0.15, 0.2) is 12.2 Å². The molecule has 3 rings (SSSR count). The Bertz CT molecular complexity index is 172. The molecule has 0 spiro atoms. The molecule has 10 heavy (non-hydrogen) atoms. The van der Waals surface area contributed by atoms with Gasteiger partial charge in [0.2, 0.25) is 0 Å². The number of hydrogen-bond donors (Lipinski definition) is 0. The summed E-state index contributed by atoms with van der Waals surface area (Å²) in [6.07, 6.45) is 9.11. The van der Waals surface area contributed by atoms with Crippen molar-refractivity contribution < 1.29 is 0 Å². The Balaban J connectivity index is 2.27. The van der Waals surface area contributed by atoms with E-state index in [2.05, 4.69) is 57.3 Å². The molecule has 3 aliphatic carbocycles. The fourth-order valence-electron chi connectivity index (χ4n) is 1.90. The predicted octanol–water partition coefficient (Wildman–Crippen LogP) is 3.54. The molecule has 0 aromatic heterocycles. The smallest absolute Gasteiger partial charge is 0.0802 e. The van der Waals surface area contributed by atoms with Gasteiger partial charge in [0, 0.05) is 5.92 Å². The van der Waals surface area contributed by atoms with Crippen LogP contribution in [0.4, 0.5) is 0 Å². The lowest BCUT2D eigenvalue weighted by Crippen LogP contribution is -2.34. The molecule has 0 N–H and O–H groups in total. The highest BCUT2D eigenvalue weighted by Gasteiger charge is 2.40. The largest absolute Gasteiger partial charge is 0.0850 e. The minimum atomic E-state index is 0.549. The van der Waals surface area contributed by atoms with E-state index >= 15 is 0 Å². The molecule has 0 nitrogen and oxygen atoms in total. The van der Waals surface area contributed by atoms with E-state index < -0.39 is 0 Å². The molecule has 0 aromatic carbocycles. The van der Waals surface area contributed by atoms with Crippen LogP contribution in [0.2, 0.25) is 0 Å². The van der Waals surface area contributed by atoms with Crippen molar-refractivity contribution in [3.63, 3.8) is 0 Å². The van der Waals surface area contributed by atoms with Crippen molar-refractivity contribution in [1.29, 1.82) is 0 Å². The van der Waals surface area contributed by atoms with Crippen molar-refractivity contribution in [2.75, 3.05) is 0 Å². The molecule has 2 atom stereocenters. The zero-order chi connectivity index (χ0) is 7.19. The molecule has 0 heterocycles. The van der Waals surface area contributed by atoms with Gasteiger partial charge in [0.25, 0.3) is 0 Å². The number of alkyl halides is 2. The Morgan fingerprint density at radius 2 is 2.00 bits per heavy atom. The standard InChI is InChI=1S/C8H10I2/c9-8(10)5-6-1-3-7(8)4-2-6/h1,3,6-7H,2,4-5H2. The molecule has 1 saturated carbocycles. The van der Waals surface area contributed by atoms with Crippen molar-refractivity contribution in [3.05, 3.63) is 12.2 Å². The van der Waals surface area contributed by atoms with Crippen LogP contribution >= 0.6 is 45.2 Å². The first kappa shape index (κ1) is 7.83. The lowest BCUT2D eigenvalue weighted by molar-refractivity contribution is 0.340. The van der Waals surface area contributed by atoms with E-state index in [-0.39, 0.29) is 0 Å². The SMILES string of the molecule is IC1(I)CC2C=CC1CC2. The third kappa shape index (κ3) is 1.26. The van der Waals surface area contributed by atoms with Gasteiger partial charge in [0.05, 0.1) is 1.43 Å². The molecular weight excluding hydrogens is 350 g/mol. The number of hydrogen-bond acceptors (Lipinski definition) is 0. The van der Waals surface area contributed by atoms with E-state index in [1.165, 1.54) is 19.3 Å². The van der Waals surface area contributed by atoms with Crippen LogP contribution in [0.1, 0.15) is 19.3 Å². The van der Waals surface area contributed by atoms with Crippen molar-refractivity contribution in [2.24, 2.45) is 11.8 Å². The van der Waals surface area contributed by atoms with Gasteiger partial charge in [-0.05, 0) is 25.2 Å². The summed E-state index contributed by atoms with van der Waals surface area (Å²) in [5.41, 5.74) is 0. The molecule has 0 aromatic rings. The molecule has 56 valence electrons. The fourth-order valence-corrected chi connectivity index (χ4v) is 4.07. The Kier molecular flexibility index (Phi) is 2.04. The van der Waals surface area contributed by atoms with Gasteiger partial charge in [0.15, 0.2) is 0 Å². The predicted molar refractivity (Wildman–Crippen MR) is 60.7 cm³/mol. The van der Waals surface area contributed by atoms with Gasteiger partial charge >= 0.3 is 0 Å². The van der Waals surface area contributed by atoms with E-state index in [0.717, 1.165) is 11.8 Å². The minimum Gasteiger partial charge on any atom is -0.0850 e. The maximum absolute atomic E-state index is 2.62. The van der Waals surface area contributed by atoms with Crippen molar-refractivity contribution in [1.82, 2.24) is 0 Å². The van der Waals surface area contributed by atoms with Crippen LogP contribution in [0.25, 0.3) is 0 Å². The average molecular weight is 360 g/mol. The maximum Gasteiger partial charge on any atom is 0.0802 e. The Hall–Kier alpha value is 1.20. The Morgan fingerprint density at radius 3 is 2.20 bits per heavy atom. The summed E-state index contributed by atoms with van der Waals surface area (Å²) in [5, 5.41) is 0. The van der Waals surface area contributed by atoms with E-state index in [1.807, 2.05) is 0 Å². The summed E-state index contributed by atoms with van der Waals surface area (Å²) in [7, 11) is 0. The molecule has 0 amide bonds. The summed E-state index contributed by atoms with van der Waals surface area (Å²) < 4.78 is 0.549. The monoisotopic (exact) mass is 360 g/mol. The molecule has 0 aliphatic heterocycles. The minimum absolute atomic E-state index is 0.549. The van der Waals surface area contributed by atoms with E-state index in [4.69, 9.17) is 0 Å². The van der Waals surface area contributed by atoms with Crippen molar-refractivity contribution in [3.8, 4) is 0 Å². The van der Waals surface area contributed by atoms with E-state index in [0.29, 0.717) is 1.43 Å². The van der Waals surface area contributed by atoms with Gasteiger partial charge in [-0.1, -0.05) is 57.3 Å². The quantitative estimate of drug-likeness (QED) is 0.352. The molecule has 0 radical (unpaired) electrons. The maximum atomic E-state index is 2.62. The second kappa shape index (κ2) is 2.61. The highest BCUT2D eigenvalue weighted by Crippen LogP contribution is 2.52. The molecule has 3 aliphatic rings. The summed E-state index contributed by atoms with van der Waals surface area (Å²) >= 11 is 5.24. The van der Waals surface area contributed by atoms with Gasteiger partial charge in [-0.15, -0.1) is 0 Å². The molecule has 2 unspecified atom stereocenters. The fraction of sp³-hybridized carbons (Fsp3) is 0.750. The van der Waals surface area contributed by atoms with Crippen LogP contribution < -0.4 is 0 Å². The third-order valence-electron chi connectivity index (χ3n) is 2.54. The molecule has 2 bridgehead atoms. The van der Waals surface area contributed by atoms with Crippen molar-refractivity contribution >= 4 is 45.2 Å². The van der Waals surface area contributed by atoms with Crippen LogP contribution in [0.5, 0.6) is 0 Å². The number of allylic oxidation sites excluding steroid dienone is 2. The first-order valence-corrected chi connectivity index (χ1v) is 5.90. The molecule has 0 saturated heterocycles. The number of halogens is 2. The zero-order valence-electron chi connectivity index (χ0n) is 5.69. The normalized spacial score (nSPS) is 42.2. The van der Waals surface area contributed by atoms with Crippen LogP contribution in [-0.4, -0.2) is 1.43 Å². The Morgan fingerprint density at radius 1 is 1.20 bits per heavy atom. The highest BCUT2D eigenvalue weighted by atomic mass is 127. The third-order valence-corrected chi connectivity index (χ3v) is 5.02. The molecule has 1 fully saturated rings. The summed E-state index contributed by atoms with van der Waals surface area (Å²) in [6, 6.07) is 0. The summed E-state index contributed by atoms with van der Waals surface area (Å²) in [5.74, 6) is 1.76. The summed E-state index contributed by atoms with van der Waals surface area (Å²) in [4.78, 5) is 0. The second-order valence-corrected chi connectivity index (χ2v) is 9.21. The molecule has 2 heteroatoms. The highest BCUT2D eigenvalue weighted by molar-refractivity contribution is 14.2. The topological polar surface area (TPSA) is 0 Å². The first-order chi connectivity index (χ1) is 4.68. The number of rotatable bonds is 0. The van der Waals surface area contributed by atoms with E-state index in [9.17, 15) is 0 Å². The van der Waals surface area contributed by atoms with Gasteiger partial charge in [-0.3, -0.25) is 0 Å².